The van der Waals surface area contributed by atoms with Gasteiger partial charge in [-0.05, 0) is 66.1 Å². The van der Waals surface area contributed by atoms with Crippen molar-refractivity contribution >= 4 is 29.1 Å². The van der Waals surface area contributed by atoms with Gasteiger partial charge in [-0.3, -0.25) is 14.6 Å². The number of hydrogen-bond donors (Lipinski definition) is 1. The molecule has 7 heteroatoms. The lowest BCUT2D eigenvalue weighted by Gasteiger charge is -2.25. The van der Waals surface area contributed by atoms with Crippen molar-refractivity contribution in [2.45, 2.75) is 26.1 Å². The maximum atomic E-state index is 13.3. The number of aliphatic hydroxyl groups is 1. The molecule has 2 heterocycles. The number of ether oxygens (including phenoxy) is 1. The number of halogens is 1. The lowest BCUT2D eigenvalue weighted by molar-refractivity contribution is -0.140. The summed E-state index contributed by atoms with van der Waals surface area (Å²) in [6, 6.07) is 24.6. The van der Waals surface area contributed by atoms with Gasteiger partial charge in [0.25, 0.3) is 11.7 Å². The summed E-state index contributed by atoms with van der Waals surface area (Å²) in [5, 5.41) is 11.8. The molecule has 0 bridgehead atoms. The Kier molecular flexibility index (Phi) is 7.24. The van der Waals surface area contributed by atoms with Crippen LogP contribution in [-0.2, 0) is 22.7 Å². The van der Waals surface area contributed by atoms with Crippen molar-refractivity contribution in [3.8, 4) is 5.75 Å². The van der Waals surface area contributed by atoms with Crippen LogP contribution in [0, 0.1) is 6.92 Å². The third kappa shape index (κ3) is 5.31. The number of aryl methyl sites for hydroxylation is 1. The Hall–Kier alpha value is -4.42. The second kappa shape index (κ2) is 10.9. The van der Waals surface area contributed by atoms with E-state index in [0.717, 1.165) is 16.7 Å². The first-order valence-electron chi connectivity index (χ1n) is 12.1. The molecule has 4 aromatic rings. The van der Waals surface area contributed by atoms with E-state index in [1.807, 2.05) is 31.2 Å². The quantitative estimate of drug-likeness (QED) is 0.176. The molecule has 0 spiro atoms. The molecule has 1 unspecified atom stereocenters. The fourth-order valence-corrected chi connectivity index (χ4v) is 4.79. The maximum absolute atomic E-state index is 13.3. The predicted molar refractivity (Wildman–Crippen MR) is 145 cm³/mol. The standard InChI is InChI=1S/C31H25ClN2O4/c1-20-5-2-6-21(15-20)19-38-26-12-10-23(11-13-26)29(35)27-28(24-8-3-9-25(32)16-24)34(31(37)30(27)36)18-22-7-4-14-33-17-22/h2-17,28,35H,18-19H2,1H3/b29-27+. The number of aromatic nitrogens is 1. The molecular formula is C31H25ClN2O4. The highest BCUT2D eigenvalue weighted by molar-refractivity contribution is 6.46. The minimum atomic E-state index is -0.814. The average molecular weight is 525 g/mol. The van der Waals surface area contributed by atoms with Crippen molar-refractivity contribution in [3.63, 3.8) is 0 Å². The summed E-state index contributed by atoms with van der Waals surface area (Å²) in [7, 11) is 0. The van der Waals surface area contributed by atoms with Crippen molar-refractivity contribution in [2.75, 3.05) is 0 Å². The highest BCUT2D eigenvalue weighted by Crippen LogP contribution is 2.41. The fourth-order valence-electron chi connectivity index (χ4n) is 4.59. The number of amides is 1. The molecule has 1 amide bonds. The van der Waals surface area contributed by atoms with Crippen LogP contribution in [0.15, 0.2) is 103 Å². The second-order valence-electron chi connectivity index (χ2n) is 9.15. The molecule has 1 aliphatic rings. The smallest absolute Gasteiger partial charge is 0.295 e. The third-order valence-electron chi connectivity index (χ3n) is 6.40. The molecule has 6 nitrogen and oxygen atoms in total. The molecule has 0 saturated carbocycles. The van der Waals surface area contributed by atoms with Gasteiger partial charge in [0.2, 0.25) is 0 Å². The molecule has 1 N–H and O–H groups in total. The summed E-state index contributed by atoms with van der Waals surface area (Å²) >= 11 is 6.26. The summed E-state index contributed by atoms with van der Waals surface area (Å²) in [4.78, 5) is 32.0. The highest BCUT2D eigenvalue weighted by atomic mass is 35.5. The lowest BCUT2D eigenvalue weighted by atomic mass is 9.95. The van der Waals surface area contributed by atoms with Crippen LogP contribution < -0.4 is 4.74 Å². The average Bonchev–Trinajstić information content (AvgIpc) is 3.17. The number of likely N-dealkylation sites (tertiary alicyclic amines) is 1. The van der Waals surface area contributed by atoms with Gasteiger partial charge >= 0.3 is 0 Å². The Morgan fingerprint density at radius 3 is 2.45 bits per heavy atom. The van der Waals surface area contributed by atoms with Crippen molar-refractivity contribution in [1.82, 2.24) is 9.88 Å². The molecule has 1 aromatic heterocycles. The summed E-state index contributed by atoms with van der Waals surface area (Å²) in [6.45, 7) is 2.58. The number of Topliss-reactive ketones (excluding diaryl/α,β-unsaturated/α-hetero) is 1. The van der Waals surface area contributed by atoms with E-state index in [2.05, 4.69) is 11.1 Å². The van der Waals surface area contributed by atoms with Gasteiger partial charge in [-0.2, -0.15) is 0 Å². The first kappa shape index (κ1) is 25.2. The monoisotopic (exact) mass is 524 g/mol. The topological polar surface area (TPSA) is 79.7 Å². The first-order valence-corrected chi connectivity index (χ1v) is 12.5. The van der Waals surface area contributed by atoms with Crippen LogP contribution in [0.4, 0.5) is 0 Å². The molecule has 5 rings (SSSR count). The first-order chi connectivity index (χ1) is 18.4. The van der Waals surface area contributed by atoms with Crippen LogP contribution in [0.3, 0.4) is 0 Å². The minimum Gasteiger partial charge on any atom is -0.507 e. The number of ketones is 1. The lowest BCUT2D eigenvalue weighted by Crippen LogP contribution is -2.29. The van der Waals surface area contributed by atoms with E-state index in [9.17, 15) is 14.7 Å². The van der Waals surface area contributed by atoms with Gasteiger partial charge in [0.1, 0.15) is 18.1 Å². The minimum absolute atomic E-state index is 0.00888. The van der Waals surface area contributed by atoms with Crippen LogP contribution in [-0.4, -0.2) is 26.7 Å². The van der Waals surface area contributed by atoms with Crippen molar-refractivity contribution in [1.29, 1.82) is 0 Å². The van der Waals surface area contributed by atoms with Gasteiger partial charge in [-0.1, -0.05) is 59.6 Å². The molecule has 190 valence electrons. The van der Waals surface area contributed by atoms with Crippen molar-refractivity contribution in [3.05, 3.63) is 136 Å². The Morgan fingerprint density at radius 2 is 1.74 bits per heavy atom. The molecular weight excluding hydrogens is 500 g/mol. The maximum Gasteiger partial charge on any atom is 0.295 e. The zero-order valence-corrected chi connectivity index (χ0v) is 21.4. The van der Waals surface area contributed by atoms with Crippen LogP contribution in [0.25, 0.3) is 5.76 Å². The Bertz CT molecular complexity index is 1520. The van der Waals surface area contributed by atoms with E-state index >= 15 is 0 Å². The van der Waals surface area contributed by atoms with E-state index in [-0.39, 0.29) is 17.9 Å². The van der Waals surface area contributed by atoms with Crippen molar-refractivity contribution < 1.29 is 19.4 Å². The third-order valence-corrected chi connectivity index (χ3v) is 6.63. The summed E-state index contributed by atoms with van der Waals surface area (Å²) in [5.74, 6) is -1.09. The van der Waals surface area contributed by atoms with Gasteiger partial charge in [-0.15, -0.1) is 0 Å². The number of pyridine rings is 1. The predicted octanol–water partition coefficient (Wildman–Crippen LogP) is 6.24. The number of carbonyl (C=O) groups is 2. The number of nitrogens with zero attached hydrogens (tertiary/aromatic N) is 2. The van der Waals surface area contributed by atoms with E-state index < -0.39 is 17.7 Å². The second-order valence-corrected chi connectivity index (χ2v) is 9.58. The fraction of sp³-hybridized carbons (Fsp3) is 0.129. The zero-order chi connectivity index (χ0) is 26.6. The molecule has 0 radical (unpaired) electrons. The van der Waals surface area contributed by atoms with Gasteiger partial charge in [-0.25, -0.2) is 0 Å². The molecule has 0 aliphatic carbocycles. The number of carbonyl (C=O) groups excluding carboxylic acids is 2. The summed E-state index contributed by atoms with van der Waals surface area (Å²) < 4.78 is 5.88. The Morgan fingerprint density at radius 1 is 0.974 bits per heavy atom. The molecule has 3 aromatic carbocycles. The largest absolute Gasteiger partial charge is 0.507 e. The molecule has 1 atom stereocenters. The highest BCUT2D eigenvalue weighted by Gasteiger charge is 2.46. The van der Waals surface area contributed by atoms with Gasteiger partial charge in [0, 0.05) is 29.5 Å². The summed E-state index contributed by atoms with van der Waals surface area (Å²) in [5.41, 5.74) is 4.00. The number of benzene rings is 3. The van der Waals surface area contributed by atoms with Gasteiger partial charge in [0.05, 0.1) is 11.6 Å². The Balaban J connectivity index is 1.47. The van der Waals surface area contributed by atoms with Crippen LogP contribution in [0.1, 0.15) is 33.9 Å². The van der Waals surface area contributed by atoms with Crippen LogP contribution in [0.2, 0.25) is 5.02 Å². The van der Waals surface area contributed by atoms with E-state index in [1.54, 1.807) is 67.0 Å². The molecule has 1 fully saturated rings. The van der Waals surface area contributed by atoms with E-state index in [0.29, 0.717) is 28.5 Å². The number of hydrogen-bond acceptors (Lipinski definition) is 5. The van der Waals surface area contributed by atoms with E-state index in [4.69, 9.17) is 16.3 Å². The number of aliphatic hydroxyl groups excluding tert-OH is 1. The van der Waals surface area contributed by atoms with E-state index in [1.165, 1.54) is 4.90 Å². The Labute approximate surface area is 225 Å². The molecule has 1 aliphatic heterocycles. The van der Waals surface area contributed by atoms with Crippen molar-refractivity contribution in [2.24, 2.45) is 0 Å². The van der Waals surface area contributed by atoms with Gasteiger partial charge in [0.15, 0.2) is 0 Å². The molecule has 38 heavy (non-hydrogen) atoms. The number of rotatable bonds is 7. The molecule has 1 saturated heterocycles. The van der Waals surface area contributed by atoms with Gasteiger partial charge < -0.3 is 14.7 Å². The van der Waals surface area contributed by atoms with Crippen LogP contribution in [0.5, 0.6) is 5.75 Å². The normalized spacial score (nSPS) is 16.6. The summed E-state index contributed by atoms with van der Waals surface area (Å²) in [6.07, 6.45) is 3.28. The zero-order valence-electron chi connectivity index (χ0n) is 20.7. The van der Waals surface area contributed by atoms with Crippen LogP contribution >= 0.6 is 11.6 Å². The SMILES string of the molecule is Cc1cccc(COc2ccc(/C(O)=C3\C(=O)C(=O)N(Cc4cccnc4)C3c3cccc(Cl)c3)cc2)c1.